The minimum atomic E-state index is -3.54. The van der Waals surface area contributed by atoms with E-state index < -0.39 is 10.0 Å². The number of rotatable bonds is 4. The number of fused-ring (bicyclic) bond motifs is 1. The summed E-state index contributed by atoms with van der Waals surface area (Å²) < 4.78 is 32.7. The molecule has 1 aromatic carbocycles. The van der Waals surface area contributed by atoms with Crippen molar-refractivity contribution in [2.45, 2.75) is 19.1 Å². The molecule has 2 N–H and O–H groups in total. The molecule has 2 aliphatic rings. The van der Waals surface area contributed by atoms with Crippen molar-refractivity contribution in [2.24, 2.45) is 16.0 Å². The molecule has 1 aromatic rings. The maximum atomic E-state index is 11.6. The van der Waals surface area contributed by atoms with Crippen LogP contribution in [0.25, 0.3) is 0 Å². The molecule has 0 spiro atoms. The monoisotopic (exact) mass is 337 g/mol. The Morgan fingerprint density at radius 1 is 1.43 bits per heavy atom. The number of likely N-dealkylation sites (tertiary alicyclic amines) is 1. The van der Waals surface area contributed by atoms with Crippen LogP contribution in [0.2, 0.25) is 0 Å². The van der Waals surface area contributed by atoms with Gasteiger partial charge in [0, 0.05) is 25.4 Å². The van der Waals surface area contributed by atoms with Gasteiger partial charge in [-0.25, -0.2) is 8.42 Å². The third-order valence-corrected chi connectivity index (χ3v) is 5.18. The largest absolute Gasteiger partial charge is 0.492 e. The van der Waals surface area contributed by atoms with Gasteiger partial charge in [-0.1, -0.05) is 19.1 Å². The molecule has 0 saturated carbocycles. The van der Waals surface area contributed by atoms with Crippen molar-refractivity contribution in [1.82, 2.24) is 4.90 Å². The van der Waals surface area contributed by atoms with Crippen LogP contribution in [0.4, 0.5) is 0 Å². The van der Waals surface area contributed by atoms with E-state index in [1.807, 2.05) is 6.92 Å². The Balaban J connectivity index is 1.68. The Kier molecular flexibility index (Phi) is 4.01. The predicted octanol–water partition coefficient (Wildman–Crippen LogP) is 0.483. The first-order valence-corrected chi connectivity index (χ1v) is 9.11. The van der Waals surface area contributed by atoms with Crippen LogP contribution in [0, 0.1) is 5.92 Å². The highest BCUT2D eigenvalue weighted by molar-refractivity contribution is 7.89. The van der Waals surface area contributed by atoms with Crippen molar-refractivity contribution in [3.05, 3.63) is 29.3 Å². The number of hydrogen-bond donors (Lipinski definition) is 1. The number of sulfonamides is 1. The lowest BCUT2D eigenvalue weighted by atomic mass is 10.0. The lowest BCUT2D eigenvalue weighted by Gasteiger charge is -2.39. The smallest absolute Gasteiger partial charge is 0.259 e. The molecule has 124 valence electrons. The zero-order valence-corrected chi connectivity index (χ0v) is 13.7. The topological polar surface area (TPSA) is 102 Å². The molecule has 23 heavy (non-hydrogen) atoms. The van der Waals surface area contributed by atoms with Gasteiger partial charge in [0.15, 0.2) is 0 Å². The Morgan fingerprint density at radius 3 is 2.87 bits per heavy atom. The molecule has 0 atom stereocenters. The molecule has 3 rings (SSSR count). The van der Waals surface area contributed by atoms with E-state index in [0.29, 0.717) is 43.0 Å². The standard InChI is InChI=1S/C15H19N3O4S/c1-2-13(19)18-6-10(7-18)8-22-12-5-3-4-11-9-23(20,21)17-15(16)14(11)12/h3-5,10H,2,6-9H2,1H3,(H2,16,17). The SMILES string of the molecule is CCC(=O)N1CC(COc2cccc3c2C(N)=NS(=O)(=O)C3)C1. The van der Waals surface area contributed by atoms with E-state index in [1.54, 1.807) is 23.1 Å². The molecule has 0 radical (unpaired) electrons. The molecule has 0 aliphatic carbocycles. The number of carbonyl (C=O) groups excluding carboxylic acids is 1. The van der Waals surface area contributed by atoms with Crippen molar-refractivity contribution < 1.29 is 17.9 Å². The molecule has 2 aliphatic heterocycles. The molecule has 1 fully saturated rings. The molecule has 0 bridgehead atoms. The highest BCUT2D eigenvalue weighted by Gasteiger charge is 2.31. The zero-order valence-electron chi connectivity index (χ0n) is 12.9. The molecule has 7 nitrogen and oxygen atoms in total. The third-order valence-electron chi connectivity index (χ3n) is 4.03. The third kappa shape index (κ3) is 3.17. The summed E-state index contributed by atoms with van der Waals surface area (Å²) >= 11 is 0. The lowest BCUT2D eigenvalue weighted by molar-refractivity contribution is -0.137. The fourth-order valence-corrected chi connectivity index (χ4v) is 3.93. The van der Waals surface area contributed by atoms with Crippen LogP contribution in [0.1, 0.15) is 24.5 Å². The van der Waals surface area contributed by atoms with Crippen LogP contribution in [0.5, 0.6) is 5.75 Å². The van der Waals surface area contributed by atoms with E-state index in [4.69, 9.17) is 10.5 Å². The number of amides is 1. The van der Waals surface area contributed by atoms with Crippen molar-refractivity contribution in [3.8, 4) is 5.75 Å². The van der Waals surface area contributed by atoms with Crippen LogP contribution in [0.15, 0.2) is 22.6 Å². The van der Waals surface area contributed by atoms with Gasteiger partial charge in [-0.2, -0.15) is 0 Å². The van der Waals surface area contributed by atoms with Crippen LogP contribution in [-0.2, 0) is 20.6 Å². The number of hydrogen-bond acceptors (Lipinski definition) is 5. The van der Waals surface area contributed by atoms with Gasteiger partial charge < -0.3 is 15.4 Å². The molecule has 2 heterocycles. The molecule has 0 unspecified atom stereocenters. The highest BCUT2D eigenvalue weighted by Crippen LogP contribution is 2.29. The van der Waals surface area contributed by atoms with Crippen LogP contribution in [-0.4, -0.2) is 44.8 Å². The van der Waals surface area contributed by atoms with Gasteiger partial charge in [-0.15, -0.1) is 4.40 Å². The summed E-state index contributed by atoms with van der Waals surface area (Å²) in [4.78, 5) is 13.3. The maximum Gasteiger partial charge on any atom is 0.259 e. The van der Waals surface area contributed by atoms with Crippen LogP contribution >= 0.6 is 0 Å². The zero-order chi connectivity index (χ0) is 16.6. The van der Waals surface area contributed by atoms with Crippen LogP contribution in [0.3, 0.4) is 0 Å². The number of nitrogens with zero attached hydrogens (tertiary/aromatic N) is 2. The average molecular weight is 337 g/mol. The van der Waals surface area contributed by atoms with Gasteiger partial charge in [0.2, 0.25) is 5.91 Å². The Hall–Kier alpha value is -2.09. The Labute approximate surface area is 135 Å². The quantitative estimate of drug-likeness (QED) is 0.861. The highest BCUT2D eigenvalue weighted by atomic mass is 32.2. The summed E-state index contributed by atoms with van der Waals surface area (Å²) in [7, 11) is -3.54. The van der Waals surface area contributed by atoms with Gasteiger partial charge in [0.25, 0.3) is 10.0 Å². The molecule has 0 aromatic heterocycles. The lowest BCUT2D eigenvalue weighted by Crippen LogP contribution is -2.51. The van der Waals surface area contributed by atoms with Gasteiger partial charge in [0.05, 0.1) is 17.9 Å². The molecular weight excluding hydrogens is 318 g/mol. The summed E-state index contributed by atoms with van der Waals surface area (Å²) in [5.74, 6) is 0.784. The first-order valence-electron chi connectivity index (χ1n) is 7.50. The maximum absolute atomic E-state index is 11.6. The summed E-state index contributed by atoms with van der Waals surface area (Å²) in [6.45, 7) is 3.70. The second-order valence-electron chi connectivity index (χ2n) is 5.82. The molecule has 8 heteroatoms. The summed E-state index contributed by atoms with van der Waals surface area (Å²) in [6.07, 6.45) is 0.515. The number of benzene rings is 1. The number of ether oxygens (including phenoxy) is 1. The number of amidine groups is 1. The van der Waals surface area contributed by atoms with Crippen molar-refractivity contribution >= 4 is 21.8 Å². The van der Waals surface area contributed by atoms with E-state index in [-0.39, 0.29) is 23.4 Å². The first kappa shape index (κ1) is 15.8. The summed E-state index contributed by atoms with van der Waals surface area (Å²) in [6, 6.07) is 5.22. The molecular formula is C15H19N3O4S. The van der Waals surface area contributed by atoms with Crippen molar-refractivity contribution in [3.63, 3.8) is 0 Å². The molecule has 1 amide bonds. The minimum absolute atomic E-state index is 0.0294. The van der Waals surface area contributed by atoms with Gasteiger partial charge in [-0.3, -0.25) is 4.79 Å². The summed E-state index contributed by atoms with van der Waals surface area (Å²) in [5, 5.41) is 0. The normalized spacial score (nSPS) is 19.5. The number of carbonyl (C=O) groups is 1. The summed E-state index contributed by atoms with van der Waals surface area (Å²) in [5.41, 5.74) is 6.96. The fourth-order valence-electron chi connectivity index (χ4n) is 2.84. The van der Waals surface area contributed by atoms with Gasteiger partial charge in [-0.05, 0) is 11.6 Å². The second-order valence-corrected chi connectivity index (χ2v) is 7.46. The minimum Gasteiger partial charge on any atom is -0.492 e. The van der Waals surface area contributed by atoms with E-state index >= 15 is 0 Å². The van der Waals surface area contributed by atoms with Crippen molar-refractivity contribution in [2.75, 3.05) is 19.7 Å². The second kappa shape index (κ2) is 5.84. The van der Waals surface area contributed by atoms with Gasteiger partial charge >= 0.3 is 0 Å². The predicted molar refractivity (Wildman–Crippen MR) is 85.6 cm³/mol. The van der Waals surface area contributed by atoms with E-state index in [1.165, 1.54) is 0 Å². The molecule has 1 saturated heterocycles. The van der Waals surface area contributed by atoms with E-state index in [0.717, 1.165) is 0 Å². The average Bonchev–Trinajstić information content (AvgIpc) is 2.43. The number of nitrogens with two attached hydrogens (primary N) is 1. The Morgan fingerprint density at radius 2 is 2.17 bits per heavy atom. The van der Waals surface area contributed by atoms with Crippen LogP contribution < -0.4 is 10.5 Å². The van der Waals surface area contributed by atoms with E-state index in [2.05, 4.69) is 4.40 Å². The van der Waals surface area contributed by atoms with Crippen molar-refractivity contribution in [1.29, 1.82) is 0 Å². The van der Waals surface area contributed by atoms with Gasteiger partial charge in [0.1, 0.15) is 11.6 Å². The Bertz CT molecular complexity index is 767. The van der Waals surface area contributed by atoms with E-state index in [9.17, 15) is 13.2 Å². The first-order chi connectivity index (χ1) is 10.9. The fraction of sp³-hybridized carbons (Fsp3) is 0.467.